The van der Waals surface area contributed by atoms with E-state index in [2.05, 4.69) is 24.5 Å². The van der Waals surface area contributed by atoms with Crippen LogP contribution in [0.4, 0.5) is 0 Å². The number of halogens is 1. The summed E-state index contributed by atoms with van der Waals surface area (Å²) in [6.07, 6.45) is 5.29. The van der Waals surface area contributed by atoms with Gasteiger partial charge in [-0.1, -0.05) is 25.8 Å². The van der Waals surface area contributed by atoms with Gasteiger partial charge in [0.05, 0.1) is 20.8 Å². The number of ether oxygens (including phenoxy) is 2. The van der Waals surface area contributed by atoms with Crippen molar-refractivity contribution in [3.63, 3.8) is 0 Å². The smallest absolute Gasteiger partial charge is 0.191 e. The Balaban J connectivity index is 0.00000312. The molecule has 2 rings (SSSR count). The van der Waals surface area contributed by atoms with Gasteiger partial charge in [0.1, 0.15) is 0 Å². The molecule has 0 atom stereocenters. The molecule has 2 N–H and O–H groups in total. The quantitative estimate of drug-likeness (QED) is 0.367. The molecule has 5 nitrogen and oxygen atoms in total. The molecule has 0 bridgehead atoms. The molecule has 0 unspecified atom stereocenters. The summed E-state index contributed by atoms with van der Waals surface area (Å²) in [5.74, 6) is 2.35. The summed E-state index contributed by atoms with van der Waals surface area (Å²) in [7, 11) is 3.30. The average molecular weight is 461 g/mol. The van der Waals surface area contributed by atoms with E-state index < -0.39 is 0 Å². The van der Waals surface area contributed by atoms with Gasteiger partial charge in [-0.25, -0.2) is 4.99 Å². The zero-order valence-electron chi connectivity index (χ0n) is 15.9. The molecule has 0 saturated heterocycles. The van der Waals surface area contributed by atoms with Crippen molar-refractivity contribution in [3.05, 3.63) is 23.8 Å². The minimum Gasteiger partial charge on any atom is -0.493 e. The maximum Gasteiger partial charge on any atom is 0.191 e. The van der Waals surface area contributed by atoms with Crippen molar-refractivity contribution in [3.8, 4) is 11.5 Å². The summed E-state index contributed by atoms with van der Waals surface area (Å²) in [5, 5.41) is 6.84. The molecule has 0 heterocycles. The normalized spacial score (nSPS) is 16.1. The lowest BCUT2D eigenvalue weighted by atomic mass is 9.89. The first kappa shape index (κ1) is 21.9. The van der Waals surface area contributed by atoms with E-state index in [1.807, 2.05) is 18.2 Å². The van der Waals surface area contributed by atoms with Crippen LogP contribution in [0.15, 0.2) is 23.2 Å². The fourth-order valence-electron chi connectivity index (χ4n) is 3.19. The second kappa shape index (κ2) is 10.7. The van der Waals surface area contributed by atoms with Gasteiger partial charge in [-0.15, -0.1) is 24.0 Å². The maximum atomic E-state index is 5.35. The number of guanidine groups is 1. The van der Waals surface area contributed by atoms with Crippen LogP contribution in [-0.2, 0) is 6.54 Å². The van der Waals surface area contributed by atoms with Gasteiger partial charge in [-0.05, 0) is 42.9 Å². The second-order valence-electron chi connectivity index (χ2n) is 6.76. The molecule has 6 heteroatoms. The average Bonchev–Trinajstić information content (AvgIpc) is 3.04. The Morgan fingerprint density at radius 1 is 1.12 bits per heavy atom. The van der Waals surface area contributed by atoms with E-state index in [9.17, 15) is 0 Å². The first-order valence-corrected chi connectivity index (χ1v) is 8.83. The van der Waals surface area contributed by atoms with Crippen molar-refractivity contribution < 1.29 is 9.47 Å². The van der Waals surface area contributed by atoms with E-state index in [1.165, 1.54) is 25.7 Å². The maximum absolute atomic E-state index is 5.35. The van der Waals surface area contributed by atoms with Crippen LogP contribution in [0, 0.1) is 5.41 Å². The number of benzene rings is 1. The number of rotatable bonds is 7. The first-order valence-electron chi connectivity index (χ1n) is 8.83. The third-order valence-corrected chi connectivity index (χ3v) is 4.71. The van der Waals surface area contributed by atoms with Crippen molar-refractivity contribution >= 4 is 29.9 Å². The number of hydrogen-bond donors (Lipinski definition) is 2. The highest BCUT2D eigenvalue weighted by Gasteiger charge is 2.28. The lowest BCUT2D eigenvalue weighted by Gasteiger charge is -2.25. The van der Waals surface area contributed by atoms with Crippen LogP contribution in [0.2, 0.25) is 0 Å². The predicted octanol–water partition coefficient (Wildman–Crippen LogP) is 3.96. The van der Waals surface area contributed by atoms with Crippen LogP contribution in [0.3, 0.4) is 0 Å². The van der Waals surface area contributed by atoms with Crippen molar-refractivity contribution in [1.82, 2.24) is 10.6 Å². The molecule has 1 saturated carbocycles. The molecule has 1 aliphatic rings. The SMILES string of the molecule is CCNC(=NCc1ccc(OC)c(OC)c1)NCC1(C)CCCC1.I. The molecule has 142 valence electrons. The van der Waals surface area contributed by atoms with Crippen LogP contribution in [0.25, 0.3) is 0 Å². The summed E-state index contributed by atoms with van der Waals surface area (Å²) in [6.45, 7) is 6.89. The summed E-state index contributed by atoms with van der Waals surface area (Å²) >= 11 is 0. The number of hydrogen-bond acceptors (Lipinski definition) is 3. The topological polar surface area (TPSA) is 54.9 Å². The molecule has 0 amide bonds. The molecule has 0 radical (unpaired) electrons. The minimum atomic E-state index is 0. The van der Waals surface area contributed by atoms with Gasteiger partial charge in [-0.3, -0.25) is 0 Å². The molecule has 1 aromatic carbocycles. The Morgan fingerprint density at radius 3 is 2.40 bits per heavy atom. The molecule has 1 aromatic rings. The summed E-state index contributed by atoms with van der Waals surface area (Å²) in [5.41, 5.74) is 1.50. The van der Waals surface area contributed by atoms with Gasteiger partial charge < -0.3 is 20.1 Å². The number of methoxy groups -OCH3 is 2. The van der Waals surface area contributed by atoms with Crippen LogP contribution >= 0.6 is 24.0 Å². The summed E-state index contributed by atoms with van der Waals surface area (Å²) in [4.78, 5) is 4.70. The van der Waals surface area contributed by atoms with Crippen LogP contribution < -0.4 is 20.1 Å². The van der Waals surface area contributed by atoms with Gasteiger partial charge in [-0.2, -0.15) is 0 Å². The molecule has 1 aliphatic carbocycles. The summed E-state index contributed by atoms with van der Waals surface area (Å²) in [6, 6.07) is 5.92. The fraction of sp³-hybridized carbons (Fsp3) is 0.632. The van der Waals surface area contributed by atoms with Crippen molar-refractivity contribution in [2.24, 2.45) is 10.4 Å². The fourth-order valence-corrected chi connectivity index (χ4v) is 3.19. The predicted molar refractivity (Wildman–Crippen MR) is 114 cm³/mol. The summed E-state index contributed by atoms with van der Waals surface area (Å²) < 4.78 is 10.6. The first-order chi connectivity index (χ1) is 11.6. The van der Waals surface area contributed by atoms with E-state index >= 15 is 0 Å². The van der Waals surface area contributed by atoms with Crippen molar-refractivity contribution in [2.45, 2.75) is 46.1 Å². The molecule has 1 fully saturated rings. The van der Waals surface area contributed by atoms with E-state index in [0.717, 1.165) is 36.1 Å². The van der Waals surface area contributed by atoms with Gasteiger partial charge >= 0.3 is 0 Å². The standard InChI is InChI=1S/C19H31N3O2.HI/c1-5-20-18(22-14-19(2)10-6-7-11-19)21-13-15-8-9-16(23-3)17(12-15)24-4;/h8-9,12H,5-7,10-11,13-14H2,1-4H3,(H2,20,21,22);1H. The van der Waals surface area contributed by atoms with E-state index in [0.29, 0.717) is 12.0 Å². The van der Waals surface area contributed by atoms with Crippen LogP contribution in [0.1, 0.15) is 45.1 Å². The van der Waals surface area contributed by atoms with Crippen LogP contribution in [0.5, 0.6) is 11.5 Å². The highest BCUT2D eigenvalue weighted by Crippen LogP contribution is 2.36. The number of nitrogens with one attached hydrogen (secondary N) is 2. The Bertz CT molecular complexity index is 558. The molecule has 0 aromatic heterocycles. The third kappa shape index (κ3) is 6.56. The zero-order chi connectivity index (χ0) is 17.4. The van der Waals surface area contributed by atoms with Gasteiger partial charge in [0, 0.05) is 13.1 Å². The molecular formula is C19H32IN3O2. The Hall–Kier alpha value is -1.18. The second-order valence-corrected chi connectivity index (χ2v) is 6.76. The molecule has 25 heavy (non-hydrogen) atoms. The Kier molecular flexibility index (Phi) is 9.38. The van der Waals surface area contributed by atoms with Crippen molar-refractivity contribution in [2.75, 3.05) is 27.3 Å². The van der Waals surface area contributed by atoms with Gasteiger partial charge in [0.25, 0.3) is 0 Å². The minimum absolute atomic E-state index is 0. The van der Waals surface area contributed by atoms with E-state index in [1.54, 1.807) is 14.2 Å². The van der Waals surface area contributed by atoms with Crippen molar-refractivity contribution in [1.29, 1.82) is 0 Å². The highest BCUT2D eigenvalue weighted by molar-refractivity contribution is 14.0. The Labute approximate surface area is 169 Å². The largest absolute Gasteiger partial charge is 0.493 e. The molecular weight excluding hydrogens is 429 g/mol. The molecule has 0 spiro atoms. The van der Waals surface area contributed by atoms with E-state index in [4.69, 9.17) is 14.5 Å². The van der Waals surface area contributed by atoms with Gasteiger partial charge in [0.15, 0.2) is 17.5 Å². The highest BCUT2D eigenvalue weighted by atomic mass is 127. The lowest BCUT2D eigenvalue weighted by molar-refractivity contribution is 0.334. The number of aliphatic imine (C=N–C) groups is 1. The lowest BCUT2D eigenvalue weighted by Crippen LogP contribution is -2.42. The van der Waals surface area contributed by atoms with E-state index in [-0.39, 0.29) is 24.0 Å². The monoisotopic (exact) mass is 461 g/mol. The van der Waals surface area contributed by atoms with Crippen LogP contribution in [-0.4, -0.2) is 33.3 Å². The Morgan fingerprint density at radius 2 is 1.80 bits per heavy atom. The zero-order valence-corrected chi connectivity index (χ0v) is 18.2. The third-order valence-electron chi connectivity index (χ3n) is 4.71. The number of nitrogens with zero attached hydrogens (tertiary/aromatic N) is 1. The van der Waals surface area contributed by atoms with Gasteiger partial charge in [0.2, 0.25) is 0 Å². The molecule has 0 aliphatic heterocycles.